The number of nitrogens with zero attached hydrogens (tertiary/aromatic N) is 2. The van der Waals surface area contributed by atoms with Crippen LogP contribution in [0.3, 0.4) is 0 Å². The highest BCUT2D eigenvalue weighted by atomic mass is 16.3. The van der Waals surface area contributed by atoms with Crippen molar-refractivity contribution in [2.45, 2.75) is 38.3 Å². The highest BCUT2D eigenvalue weighted by Gasteiger charge is 2.34. The van der Waals surface area contributed by atoms with Crippen molar-refractivity contribution in [1.29, 1.82) is 0 Å². The Hall–Kier alpha value is -2.14. The number of rotatable bonds is 4. The van der Waals surface area contributed by atoms with E-state index in [9.17, 15) is 9.90 Å². The minimum absolute atomic E-state index is 0.198. The van der Waals surface area contributed by atoms with Crippen molar-refractivity contribution >= 4 is 5.91 Å². The van der Waals surface area contributed by atoms with Crippen molar-refractivity contribution in [1.82, 2.24) is 15.1 Å². The van der Waals surface area contributed by atoms with Crippen LogP contribution in [0.15, 0.2) is 36.7 Å². The fraction of sp³-hybridized carbons (Fsp3) is 0.412. The summed E-state index contributed by atoms with van der Waals surface area (Å²) in [7, 11) is 0. The molecule has 1 aromatic heterocycles. The fourth-order valence-electron chi connectivity index (χ4n) is 3.06. The number of aromatic nitrogens is 2. The lowest BCUT2D eigenvalue weighted by molar-refractivity contribution is 0.0189. The van der Waals surface area contributed by atoms with Crippen LogP contribution in [-0.2, 0) is 18.6 Å². The Kier molecular flexibility index (Phi) is 3.98. The molecule has 5 heteroatoms. The number of carbonyl (C=O) groups is 1. The van der Waals surface area contributed by atoms with Crippen LogP contribution < -0.4 is 5.32 Å². The predicted octanol–water partition coefficient (Wildman–Crippen LogP) is 1.86. The second kappa shape index (κ2) is 5.93. The smallest absolute Gasteiger partial charge is 0.254 e. The molecule has 3 rings (SSSR count). The standard InChI is InChI=1S/C17H21N3O2/c1-2-20-11-14(10-19-20)16(21)18-12-17(22)9-5-7-13-6-3-4-8-15(13)17/h3-4,6,8,10-11,22H,2,5,7,9,12H2,1H3,(H,18,21). The van der Waals surface area contributed by atoms with Gasteiger partial charge in [0, 0.05) is 12.7 Å². The summed E-state index contributed by atoms with van der Waals surface area (Å²) in [6.07, 6.45) is 5.84. The quantitative estimate of drug-likeness (QED) is 0.905. The first kappa shape index (κ1) is 14.8. The fourth-order valence-corrected chi connectivity index (χ4v) is 3.06. The summed E-state index contributed by atoms with van der Waals surface area (Å²) in [5, 5.41) is 17.9. The largest absolute Gasteiger partial charge is 0.383 e. The molecule has 0 saturated heterocycles. The number of benzene rings is 1. The molecule has 1 amide bonds. The van der Waals surface area contributed by atoms with Crippen molar-refractivity contribution in [2.24, 2.45) is 0 Å². The van der Waals surface area contributed by atoms with Gasteiger partial charge >= 0.3 is 0 Å². The van der Waals surface area contributed by atoms with E-state index < -0.39 is 5.60 Å². The first-order valence-corrected chi connectivity index (χ1v) is 7.74. The molecule has 1 aliphatic carbocycles. The minimum Gasteiger partial charge on any atom is -0.383 e. The van der Waals surface area contributed by atoms with Gasteiger partial charge in [-0.25, -0.2) is 0 Å². The number of aliphatic hydroxyl groups is 1. The Morgan fingerprint density at radius 3 is 3.05 bits per heavy atom. The third-order valence-electron chi connectivity index (χ3n) is 4.32. The molecule has 2 N–H and O–H groups in total. The molecule has 5 nitrogen and oxygen atoms in total. The molecule has 1 heterocycles. The maximum absolute atomic E-state index is 12.2. The van der Waals surface area contributed by atoms with Crippen molar-refractivity contribution in [2.75, 3.05) is 6.54 Å². The molecular weight excluding hydrogens is 278 g/mol. The highest BCUT2D eigenvalue weighted by Crippen LogP contribution is 2.34. The molecular formula is C17H21N3O2. The van der Waals surface area contributed by atoms with Gasteiger partial charge in [-0.05, 0) is 37.3 Å². The van der Waals surface area contributed by atoms with Gasteiger partial charge in [-0.15, -0.1) is 0 Å². The van der Waals surface area contributed by atoms with Crippen LogP contribution in [0.4, 0.5) is 0 Å². The van der Waals surface area contributed by atoms with Gasteiger partial charge in [-0.2, -0.15) is 5.10 Å². The number of amides is 1. The van der Waals surface area contributed by atoms with Crippen LogP contribution in [0.5, 0.6) is 0 Å². The summed E-state index contributed by atoms with van der Waals surface area (Å²) in [5.41, 5.74) is 1.65. The zero-order valence-corrected chi connectivity index (χ0v) is 12.7. The average Bonchev–Trinajstić information content (AvgIpc) is 3.02. The van der Waals surface area contributed by atoms with Crippen LogP contribution in [-0.4, -0.2) is 27.3 Å². The van der Waals surface area contributed by atoms with Crippen LogP contribution in [0.25, 0.3) is 0 Å². The van der Waals surface area contributed by atoms with E-state index in [1.165, 1.54) is 5.56 Å². The average molecular weight is 299 g/mol. The van der Waals surface area contributed by atoms with Gasteiger partial charge in [0.05, 0.1) is 18.3 Å². The molecule has 0 fully saturated rings. The molecule has 0 bridgehead atoms. The van der Waals surface area contributed by atoms with Crippen LogP contribution in [0.2, 0.25) is 0 Å². The third kappa shape index (κ3) is 2.76. The Morgan fingerprint density at radius 2 is 2.27 bits per heavy atom. The Morgan fingerprint density at radius 1 is 1.45 bits per heavy atom. The molecule has 0 radical (unpaired) electrons. The second-order valence-electron chi connectivity index (χ2n) is 5.81. The lowest BCUT2D eigenvalue weighted by atomic mass is 9.79. The zero-order chi connectivity index (χ0) is 15.6. The molecule has 1 atom stereocenters. The maximum Gasteiger partial charge on any atom is 0.254 e. The van der Waals surface area contributed by atoms with E-state index >= 15 is 0 Å². The molecule has 116 valence electrons. The van der Waals surface area contributed by atoms with Gasteiger partial charge in [-0.3, -0.25) is 9.48 Å². The summed E-state index contributed by atoms with van der Waals surface area (Å²) in [4.78, 5) is 12.2. The summed E-state index contributed by atoms with van der Waals surface area (Å²) in [6.45, 7) is 2.92. The lowest BCUT2D eigenvalue weighted by Crippen LogP contribution is -2.42. The number of hydrogen-bond acceptors (Lipinski definition) is 3. The molecule has 2 aromatic rings. The summed E-state index contributed by atoms with van der Waals surface area (Å²) < 4.78 is 1.71. The van der Waals surface area contributed by atoms with Gasteiger partial charge in [-0.1, -0.05) is 24.3 Å². The molecule has 1 aromatic carbocycles. The summed E-state index contributed by atoms with van der Waals surface area (Å²) in [5.74, 6) is -0.198. The van der Waals surface area contributed by atoms with Crippen molar-refractivity contribution in [3.05, 3.63) is 53.3 Å². The van der Waals surface area contributed by atoms with Gasteiger partial charge in [0.1, 0.15) is 5.60 Å². The van der Waals surface area contributed by atoms with E-state index in [0.717, 1.165) is 24.9 Å². The monoisotopic (exact) mass is 299 g/mol. The zero-order valence-electron chi connectivity index (χ0n) is 12.7. The molecule has 1 unspecified atom stereocenters. The number of aryl methyl sites for hydroxylation is 2. The van der Waals surface area contributed by atoms with E-state index in [-0.39, 0.29) is 12.5 Å². The molecule has 0 aliphatic heterocycles. The number of hydrogen-bond donors (Lipinski definition) is 2. The molecule has 22 heavy (non-hydrogen) atoms. The predicted molar refractivity (Wildman–Crippen MR) is 83.5 cm³/mol. The Balaban J connectivity index is 1.72. The van der Waals surface area contributed by atoms with Gasteiger partial charge < -0.3 is 10.4 Å². The van der Waals surface area contributed by atoms with Crippen LogP contribution >= 0.6 is 0 Å². The minimum atomic E-state index is -0.981. The third-order valence-corrected chi connectivity index (χ3v) is 4.32. The highest BCUT2D eigenvalue weighted by molar-refractivity contribution is 5.93. The topological polar surface area (TPSA) is 67.2 Å². The summed E-state index contributed by atoms with van der Waals surface area (Å²) >= 11 is 0. The van der Waals surface area contributed by atoms with Crippen LogP contribution in [0.1, 0.15) is 41.3 Å². The van der Waals surface area contributed by atoms with E-state index in [4.69, 9.17) is 0 Å². The normalized spacial score (nSPS) is 20.5. The SMILES string of the molecule is CCn1cc(C(=O)NCC2(O)CCCc3ccccc32)cn1. The van der Waals surface area contributed by atoms with Crippen LogP contribution in [0, 0.1) is 0 Å². The molecule has 0 spiro atoms. The number of carbonyl (C=O) groups excluding carboxylic acids is 1. The molecule has 1 aliphatic rings. The van der Waals surface area contributed by atoms with E-state index in [2.05, 4.69) is 10.4 Å². The van der Waals surface area contributed by atoms with Crippen molar-refractivity contribution < 1.29 is 9.90 Å². The first-order chi connectivity index (χ1) is 10.6. The first-order valence-electron chi connectivity index (χ1n) is 7.74. The number of nitrogens with one attached hydrogen (secondary N) is 1. The number of fused-ring (bicyclic) bond motifs is 1. The maximum atomic E-state index is 12.2. The Bertz CT molecular complexity index is 680. The van der Waals surface area contributed by atoms with Crippen molar-refractivity contribution in [3.63, 3.8) is 0 Å². The van der Waals surface area contributed by atoms with Gasteiger partial charge in [0.15, 0.2) is 0 Å². The second-order valence-corrected chi connectivity index (χ2v) is 5.81. The van der Waals surface area contributed by atoms with Crippen molar-refractivity contribution in [3.8, 4) is 0 Å². The van der Waals surface area contributed by atoms with E-state index in [1.807, 2.05) is 31.2 Å². The van der Waals surface area contributed by atoms with E-state index in [1.54, 1.807) is 17.1 Å². The van der Waals surface area contributed by atoms with Gasteiger partial charge in [0.25, 0.3) is 5.91 Å². The summed E-state index contributed by atoms with van der Waals surface area (Å²) in [6, 6.07) is 7.92. The van der Waals surface area contributed by atoms with E-state index in [0.29, 0.717) is 12.0 Å². The Labute approximate surface area is 130 Å². The molecule has 0 saturated carbocycles. The lowest BCUT2D eigenvalue weighted by Gasteiger charge is -2.34. The van der Waals surface area contributed by atoms with Gasteiger partial charge in [0.2, 0.25) is 0 Å².